The Labute approximate surface area is 136 Å². The highest BCUT2D eigenvalue weighted by atomic mass is 16.6. The summed E-state index contributed by atoms with van der Waals surface area (Å²) in [4.78, 5) is 14.2. The summed E-state index contributed by atoms with van der Waals surface area (Å²) < 4.78 is 5.52. The molecule has 1 amide bonds. The number of ether oxygens (including phenoxy) is 1. The molecule has 0 spiro atoms. The first-order valence-electron chi connectivity index (χ1n) is 9.07. The number of hydrogen-bond acceptors (Lipinski definition) is 3. The van der Waals surface area contributed by atoms with Gasteiger partial charge in [-0.1, -0.05) is 26.2 Å². The number of nitrogens with one attached hydrogen (secondary N) is 1. The van der Waals surface area contributed by atoms with Gasteiger partial charge in [0.25, 0.3) is 0 Å². The minimum absolute atomic E-state index is 0.150. The molecule has 128 valence electrons. The third-order valence-corrected chi connectivity index (χ3v) is 5.08. The fourth-order valence-corrected chi connectivity index (χ4v) is 3.74. The summed E-state index contributed by atoms with van der Waals surface area (Å²) in [7, 11) is 0. The molecule has 1 saturated carbocycles. The lowest BCUT2D eigenvalue weighted by atomic mass is 9.80. The molecule has 1 N–H and O–H groups in total. The van der Waals surface area contributed by atoms with Crippen LogP contribution < -0.4 is 5.32 Å². The highest BCUT2D eigenvalue weighted by molar-refractivity contribution is 5.69. The average Bonchev–Trinajstić information content (AvgIpc) is 2.87. The molecule has 0 radical (unpaired) electrons. The molecule has 0 aromatic carbocycles. The Balaban J connectivity index is 1.75. The molecule has 0 bridgehead atoms. The molecule has 1 aliphatic heterocycles. The fraction of sp³-hybridized carbons (Fsp3) is 0.944. The van der Waals surface area contributed by atoms with Crippen molar-refractivity contribution in [1.29, 1.82) is 0 Å². The van der Waals surface area contributed by atoms with Gasteiger partial charge in [-0.3, -0.25) is 0 Å². The van der Waals surface area contributed by atoms with Crippen molar-refractivity contribution in [2.75, 3.05) is 19.6 Å². The monoisotopic (exact) mass is 310 g/mol. The van der Waals surface area contributed by atoms with E-state index in [1.807, 2.05) is 25.7 Å². The number of hydrogen-bond donors (Lipinski definition) is 1. The van der Waals surface area contributed by atoms with Gasteiger partial charge in [-0.25, -0.2) is 4.79 Å². The van der Waals surface area contributed by atoms with Crippen molar-refractivity contribution in [1.82, 2.24) is 10.2 Å². The first-order valence-corrected chi connectivity index (χ1v) is 9.07. The Bertz CT molecular complexity index is 365. The van der Waals surface area contributed by atoms with Gasteiger partial charge in [-0.2, -0.15) is 0 Å². The van der Waals surface area contributed by atoms with Gasteiger partial charge in [-0.05, 0) is 58.4 Å². The van der Waals surface area contributed by atoms with Crippen molar-refractivity contribution in [2.24, 2.45) is 11.8 Å². The molecule has 2 aliphatic rings. The lowest BCUT2D eigenvalue weighted by Crippen LogP contribution is -2.45. The molecule has 1 heterocycles. The Hall–Kier alpha value is -0.770. The van der Waals surface area contributed by atoms with Crippen molar-refractivity contribution >= 4 is 6.09 Å². The molecule has 3 unspecified atom stereocenters. The first kappa shape index (κ1) is 17.6. The lowest BCUT2D eigenvalue weighted by Gasteiger charge is -2.31. The van der Waals surface area contributed by atoms with Gasteiger partial charge in [-0.15, -0.1) is 0 Å². The number of carbonyl (C=O) groups is 1. The minimum atomic E-state index is -0.408. The number of nitrogens with zero attached hydrogens (tertiary/aromatic N) is 1. The van der Waals surface area contributed by atoms with Crippen LogP contribution in [0.4, 0.5) is 4.79 Å². The van der Waals surface area contributed by atoms with E-state index in [0.717, 1.165) is 44.3 Å². The zero-order valence-electron chi connectivity index (χ0n) is 14.9. The molecule has 2 rings (SSSR count). The highest BCUT2D eigenvalue weighted by Crippen LogP contribution is 2.29. The van der Waals surface area contributed by atoms with Crippen LogP contribution in [-0.2, 0) is 4.74 Å². The normalized spacial score (nSPS) is 29.6. The highest BCUT2D eigenvalue weighted by Gasteiger charge is 2.32. The summed E-state index contributed by atoms with van der Waals surface area (Å²) in [6.45, 7) is 11.0. The second kappa shape index (κ2) is 7.67. The minimum Gasteiger partial charge on any atom is -0.444 e. The SMILES string of the molecule is CC1CCCCC1CNCC1CCCN1C(=O)OC(C)(C)C. The van der Waals surface area contributed by atoms with Crippen LogP contribution in [0.5, 0.6) is 0 Å². The average molecular weight is 310 g/mol. The number of rotatable bonds is 4. The molecule has 4 heteroatoms. The van der Waals surface area contributed by atoms with Crippen LogP contribution in [0.1, 0.15) is 66.2 Å². The maximum atomic E-state index is 12.3. The summed E-state index contributed by atoms with van der Waals surface area (Å²) in [5, 5.41) is 3.63. The van der Waals surface area contributed by atoms with Crippen molar-refractivity contribution in [3.05, 3.63) is 0 Å². The summed E-state index contributed by atoms with van der Waals surface area (Å²) in [5.74, 6) is 1.65. The molecule has 3 atom stereocenters. The second-order valence-corrected chi connectivity index (χ2v) is 8.15. The Morgan fingerprint density at radius 3 is 2.55 bits per heavy atom. The molecular formula is C18H34N2O2. The zero-order chi connectivity index (χ0) is 16.2. The van der Waals surface area contributed by atoms with Crippen molar-refractivity contribution < 1.29 is 9.53 Å². The van der Waals surface area contributed by atoms with Gasteiger partial charge in [0.1, 0.15) is 5.60 Å². The third kappa shape index (κ3) is 5.15. The van der Waals surface area contributed by atoms with Crippen LogP contribution in [-0.4, -0.2) is 42.3 Å². The van der Waals surface area contributed by atoms with E-state index in [1.54, 1.807) is 0 Å². The standard InChI is InChI=1S/C18H34N2O2/c1-14-8-5-6-9-15(14)12-19-13-16-10-7-11-20(16)17(21)22-18(2,3)4/h14-16,19H,5-13H2,1-4H3. The smallest absolute Gasteiger partial charge is 0.410 e. The van der Waals surface area contributed by atoms with Crippen molar-refractivity contribution in [3.8, 4) is 0 Å². The van der Waals surface area contributed by atoms with Crippen LogP contribution in [0.3, 0.4) is 0 Å². The van der Waals surface area contributed by atoms with Crippen LogP contribution in [0.2, 0.25) is 0 Å². The van der Waals surface area contributed by atoms with E-state index in [1.165, 1.54) is 25.7 Å². The van der Waals surface area contributed by atoms with Gasteiger partial charge >= 0.3 is 6.09 Å². The van der Waals surface area contributed by atoms with Crippen molar-refractivity contribution in [3.63, 3.8) is 0 Å². The van der Waals surface area contributed by atoms with Gasteiger partial charge in [0.2, 0.25) is 0 Å². The Morgan fingerprint density at radius 2 is 1.86 bits per heavy atom. The number of carbonyl (C=O) groups excluding carboxylic acids is 1. The van der Waals surface area contributed by atoms with Crippen LogP contribution >= 0.6 is 0 Å². The maximum Gasteiger partial charge on any atom is 0.410 e. The number of amides is 1. The largest absolute Gasteiger partial charge is 0.444 e. The van der Waals surface area contributed by atoms with E-state index in [-0.39, 0.29) is 6.09 Å². The predicted octanol–water partition coefficient (Wildman–Crippen LogP) is 3.80. The summed E-state index contributed by atoms with van der Waals surface area (Å²) in [5.41, 5.74) is -0.408. The zero-order valence-corrected chi connectivity index (χ0v) is 14.9. The topological polar surface area (TPSA) is 41.6 Å². The summed E-state index contributed by atoms with van der Waals surface area (Å²) >= 11 is 0. The van der Waals surface area contributed by atoms with Gasteiger partial charge in [0.05, 0.1) is 0 Å². The molecule has 4 nitrogen and oxygen atoms in total. The van der Waals surface area contributed by atoms with Crippen molar-refractivity contribution in [2.45, 2.75) is 77.9 Å². The Morgan fingerprint density at radius 1 is 1.14 bits per heavy atom. The first-order chi connectivity index (χ1) is 10.4. The molecule has 2 fully saturated rings. The van der Waals surface area contributed by atoms with Crippen LogP contribution in [0.15, 0.2) is 0 Å². The lowest BCUT2D eigenvalue weighted by molar-refractivity contribution is 0.0225. The van der Waals surface area contributed by atoms with E-state index in [0.29, 0.717) is 6.04 Å². The predicted molar refractivity (Wildman–Crippen MR) is 90.0 cm³/mol. The number of likely N-dealkylation sites (tertiary alicyclic amines) is 1. The summed E-state index contributed by atoms with van der Waals surface area (Å²) in [6, 6.07) is 0.300. The van der Waals surface area contributed by atoms with Crippen LogP contribution in [0.25, 0.3) is 0 Å². The van der Waals surface area contributed by atoms with E-state index in [9.17, 15) is 4.79 Å². The molecule has 0 aromatic heterocycles. The Kier molecular flexibility index (Phi) is 6.13. The van der Waals surface area contributed by atoms with Gasteiger partial charge < -0.3 is 15.0 Å². The second-order valence-electron chi connectivity index (χ2n) is 8.15. The van der Waals surface area contributed by atoms with Gasteiger partial charge in [0, 0.05) is 19.1 Å². The summed E-state index contributed by atoms with van der Waals surface area (Å²) in [6.07, 6.45) is 7.53. The van der Waals surface area contributed by atoms with Gasteiger partial charge in [0.15, 0.2) is 0 Å². The molecule has 0 aromatic rings. The van der Waals surface area contributed by atoms with E-state index < -0.39 is 5.60 Å². The molecule has 1 saturated heterocycles. The molecule has 22 heavy (non-hydrogen) atoms. The van der Waals surface area contributed by atoms with Crippen LogP contribution in [0, 0.1) is 11.8 Å². The fourth-order valence-electron chi connectivity index (χ4n) is 3.74. The third-order valence-electron chi connectivity index (χ3n) is 5.08. The van der Waals surface area contributed by atoms with E-state index >= 15 is 0 Å². The molecular weight excluding hydrogens is 276 g/mol. The van der Waals surface area contributed by atoms with E-state index in [2.05, 4.69) is 12.2 Å². The maximum absolute atomic E-state index is 12.3. The molecule has 1 aliphatic carbocycles. The van der Waals surface area contributed by atoms with E-state index in [4.69, 9.17) is 4.74 Å². The quantitative estimate of drug-likeness (QED) is 0.858.